The summed E-state index contributed by atoms with van der Waals surface area (Å²) >= 11 is 0. The Morgan fingerprint density at radius 1 is 1.23 bits per heavy atom. The second-order valence-electron chi connectivity index (χ2n) is 5.84. The lowest BCUT2D eigenvalue weighted by molar-refractivity contribution is -0.121. The number of pyridine rings is 1. The van der Waals surface area contributed by atoms with Gasteiger partial charge in [0.05, 0.1) is 13.7 Å². The first kappa shape index (κ1) is 16.1. The Kier molecular flexibility index (Phi) is 4.04. The predicted molar refractivity (Wildman–Crippen MR) is 94.2 cm³/mol. The Hall–Kier alpha value is -3.35. The summed E-state index contributed by atoms with van der Waals surface area (Å²) in [5.41, 5.74) is 1.52. The smallest absolute Gasteiger partial charge is 0.266 e. The van der Waals surface area contributed by atoms with Crippen LogP contribution in [0.15, 0.2) is 47.0 Å². The fourth-order valence-corrected chi connectivity index (χ4v) is 2.78. The summed E-state index contributed by atoms with van der Waals surface area (Å²) in [6, 6.07) is 11.0. The molecule has 132 valence electrons. The fourth-order valence-electron chi connectivity index (χ4n) is 2.78. The van der Waals surface area contributed by atoms with Gasteiger partial charge >= 0.3 is 0 Å². The Morgan fingerprint density at radius 3 is 2.81 bits per heavy atom. The third-order valence-corrected chi connectivity index (χ3v) is 4.20. The lowest BCUT2D eigenvalue weighted by atomic mass is 10.2. The molecule has 0 unspecified atom stereocenters. The Balaban J connectivity index is 1.63. The summed E-state index contributed by atoms with van der Waals surface area (Å²) in [5, 5.41) is 0. The average molecular weight is 351 g/mol. The largest absolute Gasteiger partial charge is 0.497 e. The Labute approximate surface area is 150 Å². The van der Waals surface area contributed by atoms with Crippen molar-refractivity contribution in [3.63, 3.8) is 0 Å². The predicted octanol–water partition coefficient (Wildman–Crippen LogP) is 2.98. The van der Waals surface area contributed by atoms with Gasteiger partial charge in [-0.05, 0) is 43.3 Å². The first-order chi connectivity index (χ1) is 12.7. The van der Waals surface area contributed by atoms with Crippen LogP contribution >= 0.6 is 0 Å². The van der Waals surface area contributed by atoms with E-state index in [1.54, 1.807) is 30.3 Å². The number of amides is 1. The molecule has 0 saturated heterocycles. The zero-order valence-corrected chi connectivity index (χ0v) is 14.4. The quantitative estimate of drug-likeness (QED) is 0.719. The van der Waals surface area contributed by atoms with Crippen LogP contribution in [0.4, 0.5) is 5.82 Å². The summed E-state index contributed by atoms with van der Waals surface area (Å²) in [4.78, 5) is 22.7. The third-order valence-electron chi connectivity index (χ3n) is 4.20. The number of carbonyl (C=O) groups excluding carboxylic acids is 1. The number of anilines is 1. The molecule has 3 aromatic rings. The summed E-state index contributed by atoms with van der Waals surface area (Å²) in [7, 11) is 1.62. The molecule has 7 heteroatoms. The van der Waals surface area contributed by atoms with E-state index in [0.29, 0.717) is 28.9 Å². The number of ether oxygens (including phenoxy) is 2. The van der Waals surface area contributed by atoms with Crippen LogP contribution < -0.4 is 14.4 Å². The lowest BCUT2D eigenvalue weighted by Crippen LogP contribution is -2.39. The van der Waals surface area contributed by atoms with Crippen LogP contribution in [-0.4, -0.2) is 29.6 Å². The van der Waals surface area contributed by atoms with Gasteiger partial charge in [-0.3, -0.25) is 9.69 Å². The molecule has 1 aromatic carbocycles. The van der Waals surface area contributed by atoms with Crippen molar-refractivity contribution in [2.75, 3.05) is 18.6 Å². The number of benzene rings is 1. The van der Waals surface area contributed by atoms with Crippen molar-refractivity contribution in [1.29, 1.82) is 0 Å². The highest BCUT2D eigenvalue weighted by Crippen LogP contribution is 2.31. The molecule has 26 heavy (non-hydrogen) atoms. The molecule has 1 aliphatic heterocycles. The molecule has 0 N–H and O–H groups in total. The number of rotatable bonds is 4. The topological polar surface area (TPSA) is 77.7 Å². The van der Waals surface area contributed by atoms with Crippen LogP contribution in [0.25, 0.3) is 11.5 Å². The van der Waals surface area contributed by atoms with Gasteiger partial charge in [0.25, 0.3) is 5.91 Å². The van der Waals surface area contributed by atoms with E-state index in [1.807, 2.05) is 31.2 Å². The van der Waals surface area contributed by atoms with Crippen molar-refractivity contribution in [2.24, 2.45) is 0 Å². The number of hydrogen-bond donors (Lipinski definition) is 0. The van der Waals surface area contributed by atoms with Gasteiger partial charge in [0.2, 0.25) is 5.89 Å². The van der Waals surface area contributed by atoms with Crippen molar-refractivity contribution in [3.05, 3.63) is 54.0 Å². The van der Waals surface area contributed by atoms with Gasteiger partial charge in [-0.1, -0.05) is 0 Å². The van der Waals surface area contributed by atoms with E-state index in [-0.39, 0.29) is 19.1 Å². The van der Waals surface area contributed by atoms with E-state index in [0.717, 1.165) is 11.3 Å². The molecule has 0 spiro atoms. The zero-order chi connectivity index (χ0) is 18.1. The van der Waals surface area contributed by atoms with Crippen molar-refractivity contribution in [3.8, 4) is 23.0 Å². The molecular formula is C19H17N3O4. The highest BCUT2D eigenvalue weighted by molar-refractivity contribution is 5.96. The van der Waals surface area contributed by atoms with Crippen LogP contribution in [0.2, 0.25) is 0 Å². The van der Waals surface area contributed by atoms with Gasteiger partial charge in [0.1, 0.15) is 17.2 Å². The SMILES string of the molecule is COc1ccc(-c2nc(CN3C(=O)COc4cccnc43)c(C)o2)cc1. The number of fused-ring (bicyclic) bond motifs is 1. The Bertz CT molecular complexity index is 950. The van der Waals surface area contributed by atoms with E-state index < -0.39 is 0 Å². The first-order valence-electron chi connectivity index (χ1n) is 8.14. The maximum absolute atomic E-state index is 12.3. The standard InChI is InChI=1S/C19H17N3O4/c1-12-15(21-19(26-12)13-5-7-14(24-2)8-6-13)10-22-17(23)11-25-16-4-3-9-20-18(16)22/h3-9H,10-11H2,1-2H3. The van der Waals surface area contributed by atoms with Crippen molar-refractivity contribution < 1.29 is 18.7 Å². The maximum Gasteiger partial charge on any atom is 0.266 e. The number of aromatic nitrogens is 2. The van der Waals surface area contributed by atoms with Crippen LogP contribution in [-0.2, 0) is 11.3 Å². The average Bonchev–Trinajstić information content (AvgIpc) is 3.04. The van der Waals surface area contributed by atoms with Crippen LogP contribution in [0.1, 0.15) is 11.5 Å². The number of nitrogens with zero attached hydrogens (tertiary/aromatic N) is 3. The van der Waals surface area contributed by atoms with Crippen molar-refractivity contribution in [2.45, 2.75) is 13.5 Å². The third kappa shape index (κ3) is 2.88. The van der Waals surface area contributed by atoms with Gasteiger partial charge in [0, 0.05) is 11.8 Å². The van der Waals surface area contributed by atoms with E-state index in [4.69, 9.17) is 13.9 Å². The van der Waals surface area contributed by atoms with Gasteiger partial charge in [0.15, 0.2) is 18.2 Å². The monoisotopic (exact) mass is 351 g/mol. The highest BCUT2D eigenvalue weighted by atomic mass is 16.5. The number of aryl methyl sites for hydroxylation is 1. The van der Waals surface area contributed by atoms with E-state index in [2.05, 4.69) is 9.97 Å². The molecule has 0 atom stereocenters. The highest BCUT2D eigenvalue weighted by Gasteiger charge is 2.28. The molecular weight excluding hydrogens is 334 g/mol. The minimum atomic E-state index is -0.162. The van der Waals surface area contributed by atoms with Crippen molar-refractivity contribution >= 4 is 11.7 Å². The molecule has 0 saturated carbocycles. The molecule has 0 bridgehead atoms. The van der Waals surface area contributed by atoms with Gasteiger partial charge in [-0.15, -0.1) is 0 Å². The lowest BCUT2D eigenvalue weighted by Gasteiger charge is -2.27. The van der Waals surface area contributed by atoms with E-state index in [9.17, 15) is 4.79 Å². The van der Waals surface area contributed by atoms with Crippen LogP contribution in [0, 0.1) is 6.92 Å². The molecule has 7 nitrogen and oxygen atoms in total. The minimum absolute atomic E-state index is 0.0130. The number of hydrogen-bond acceptors (Lipinski definition) is 6. The molecule has 2 aromatic heterocycles. The number of oxazole rings is 1. The normalized spacial score (nSPS) is 13.3. The maximum atomic E-state index is 12.3. The molecule has 1 amide bonds. The summed E-state index contributed by atoms with van der Waals surface area (Å²) in [5.74, 6) is 2.85. The van der Waals surface area contributed by atoms with Crippen LogP contribution in [0.5, 0.6) is 11.5 Å². The molecule has 4 rings (SSSR count). The summed E-state index contributed by atoms with van der Waals surface area (Å²) in [6.07, 6.45) is 1.63. The number of carbonyl (C=O) groups is 1. The zero-order valence-electron chi connectivity index (χ0n) is 14.4. The van der Waals surface area contributed by atoms with Gasteiger partial charge < -0.3 is 13.9 Å². The van der Waals surface area contributed by atoms with Gasteiger partial charge in [-0.25, -0.2) is 9.97 Å². The Morgan fingerprint density at radius 2 is 2.04 bits per heavy atom. The van der Waals surface area contributed by atoms with E-state index in [1.165, 1.54) is 0 Å². The summed E-state index contributed by atoms with van der Waals surface area (Å²) < 4.78 is 16.4. The van der Waals surface area contributed by atoms with Crippen molar-refractivity contribution in [1.82, 2.24) is 9.97 Å². The second kappa shape index (κ2) is 6.51. The molecule has 0 aliphatic carbocycles. The second-order valence-corrected chi connectivity index (χ2v) is 5.84. The number of methoxy groups -OCH3 is 1. The summed E-state index contributed by atoms with van der Waals surface area (Å²) in [6.45, 7) is 2.10. The molecule has 1 aliphatic rings. The molecule has 0 radical (unpaired) electrons. The molecule has 3 heterocycles. The molecule has 0 fully saturated rings. The fraction of sp³-hybridized carbons (Fsp3) is 0.211. The minimum Gasteiger partial charge on any atom is -0.497 e. The van der Waals surface area contributed by atoms with E-state index >= 15 is 0 Å². The van der Waals surface area contributed by atoms with Crippen LogP contribution in [0.3, 0.4) is 0 Å². The van der Waals surface area contributed by atoms with Gasteiger partial charge in [-0.2, -0.15) is 0 Å². The first-order valence-corrected chi connectivity index (χ1v) is 8.14.